The Morgan fingerprint density at radius 3 is 2.58 bits per heavy atom. The molecule has 0 aliphatic rings. The number of carbonyl (C=O) groups excluding carboxylic acids is 2. The smallest absolute Gasteiger partial charge is 0.256 e. The summed E-state index contributed by atoms with van der Waals surface area (Å²) >= 11 is 0.974. The molecule has 0 aliphatic carbocycles. The fraction of sp³-hybridized carbons (Fsp3) is 0.0526. The molecule has 0 bridgehead atoms. The number of nitrogens with one attached hydrogen (secondary N) is 1. The molecular formula is C19H14N4O2S. The highest BCUT2D eigenvalue weighted by Gasteiger charge is 2.24. The van der Waals surface area contributed by atoms with Crippen LogP contribution in [0.1, 0.15) is 36.9 Å². The summed E-state index contributed by atoms with van der Waals surface area (Å²) in [7, 11) is 0. The van der Waals surface area contributed by atoms with Gasteiger partial charge in [-0.2, -0.15) is 5.26 Å². The van der Waals surface area contributed by atoms with Crippen molar-refractivity contribution in [2.24, 2.45) is 0 Å². The predicted molar refractivity (Wildman–Crippen MR) is 100 cm³/mol. The Morgan fingerprint density at radius 2 is 1.92 bits per heavy atom. The monoisotopic (exact) mass is 362 g/mol. The first-order valence-corrected chi connectivity index (χ1v) is 8.49. The molecule has 3 aromatic rings. The lowest BCUT2D eigenvalue weighted by Crippen LogP contribution is -2.13. The van der Waals surface area contributed by atoms with E-state index in [1.807, 2.05) is 25.1 Å². The number of amides is 1. The van der Waals surface area contributed by atoms with Crippen LogP contribution in [0.2, 0.25) is 0 Å². The van der Waals surface area contributed by atoms with E-state index in [1.165, 1.54) is 6.20 Å². The number of nitrogens with two attached hydrogens (primary N) is 1. The molecule has 0 atom stereocenters. The number of ketones is 1. The van der Waals surface area contributed by atoms with Gasteiger partial charge in [0, 0.05) is 11.8 Å². The summed E-state index contributed by atoms with van der Waals surface area (Å²) in [5.74, 6) is -0.751. The van der Waals surface area contributed by atoms with Crippen LogP contribution in [0.3, 0.4) is 0 Å². The van der Waals surface area contributed by atoms with Gasteiger partial charge in [0.2, 0.25) is 5.78 Å². The summed E-state index contributed by atoms with van der Waals surface area (Å²) in [5.41, 5.74) is 7.63. The number of carbonyl (C=O) groups is 2. The van der Waals surface area contributed by atoms with Crippen molar-refractivity contribution in [3.63, 3.8) is 0 Å². The number of benzene rings is 1. The molecule has 0 spiro atoms. The van der Waals surface area contributed by atoms with Gasteiger partial charge in [0.1, 0.15) is 27.2 Å². The number of pyridine rings is 1. The highest BCUT2D eigenvalue weighted by atomic mass is 32.1. The second-order valence-corrected chi connectivity index (χ2v) is 6.49. The second kappa shape index (κ2) is 7.17. The molecule has 1 amide bonds. The lowest BCUT2D eigenvalue weighted by Gasteiger charge is -2.05. The van der Waals surface area contributed by atoms with Crippen molar-refractivity contribution < 1.29 is 9.59 Å². The number of anilines is 2. The Kier molecular flexibility index (Phi) is 4.78. The van der Waals surface area contributed by atoms with Crippen molar-refractivity contribution in [2.75, 3.05) is 11.1 Å². The third kappa shape index (κ3) is 3.18. The van der Waals surface area contributed by atoms with Crippen LogP contribution in [0.5, 0.6) is 0 Å². The molecule has 0 aliphatic heterocycles. The normalized spacial score (nSPS) is 10.2. The van der Waals surface area contributed by atoms with Crippen molar-refractivity contribution in [2.45, 2.75) is 6.92 Å². The molecule has 1 aromatic carbocycles. The molecule has 0 saturated heterocycles. The number of thiophene rings is 1. The average molecular weight is 362 g/mol. The third-order valence-corrected chi connectivity index (χ3v) is 4.90. The summed E-state index contributed by atoms with van der Waals surface area (Å²) in [6.45, 7) is 1.82. The van der Waals surface area contributed by atoms with Crippen molar-refractivity contribution in [1.82, 2.24) is 4.98 Å². The number of hydrogen-bond acceptors (Lipinski definition) is 6. The molecule has 6 nitrogen and oxygen atoms in total. The van der Waals surface area contributed by atoms with Gasteiger partial charge in [0.25, 0.3) is 5.91 Å². The number of nitriles is 1. The van der Waals surface area contributed by atoms with E-state index in [4.69, 9.17) is 5.73 Å². The van der Waals surface area contributed by atoms with Crippen LogP contribution in [0.25, 0.3) is 0 Å². The van der Waals surface area contributed by atoms with E-state index in [0.29, 0.717) is 5.56 Å². The fourth-order valence-corrected chi connectivity index (χ4v) is 3.44. The zero-order valence-electron chi connectivity index (χ0n) is 13.8. The summed E-state index contributed by atoms with van der Waals surface area (Å²) in [4.78, 5) is 29.3. The molecule has 0 radical (unpaired) electrons. The van der Waals surface area contributed by atoms with Gasteiger partial charge in [-0.15, -0.1) is 11.3 Å². The minimum atomic E-state index is -0.388. The standard InChI is InChI=1S/C19H14N4O2S/c1-11-6-2-3-7-12(11)18(25)23-19-13(10-20)15(21)17(26-19)16(24)14-8-4-5-9-22-14/h2-9H,21H2,1H3,(H,23,25). The first-order chi connectivity index (χ1) is 12.5. The quantitative estimate of drug-likeness (QED) is 0.692. The van der Waals surface area contributed by atoms with Crippen LogP contribution in [0.4, 0.5) is 10.7 Å². The first kappa shape index (κ1) is 17.3. The number of nitrogen functional groups attached to an aromatic ring is 1. The Morgan fingerprint density at radius 1 is 1.19 bits per heavy atom. The number of nitrogens with zero attached hydrogens (tertiary/aromatic N) is 2. The van der Waals surface area contributed by atoms with Gasteiger partial charge in [0.05, 0.1) is 5.69 Å². The van der Waals surface area contributed by atoms with Gasteiger partial charge in [-0.3, -0.25) is 14.6 Å². The van der Waals surface area contributed by atoms with Crippen LogP contribution >= 0.6 is 11.3 Å². The predicted octanol–water partition coefficient (Wildman–Crippen LogP) is 3.39. The molecule has 3 rings (SSSR count). The maximum atomic E-state index is 12.6. The summed E-state index contributed by atoms with van der Waals surface area (Å²) < 4.78 is 0. The van der Waals surface area contributed by atoms with Crippen LogP contribution < -0.4 is 11.1 Å². The summed E-state index contributed by atoms with van der Waals surface area (Å²) in [5, 5.41) is 12.3. The molecular weight excluding hydrogens is 348 g/mol. The van der Waals surface area contributed by atoms with Crippen LogP contribution in [0.15, 0.2) is 48.7 Å². The summed E-state index contributed by atoms with van der Waals surface area (Å²) in [6.07, 6.45) is 1.50. The largest absolute Gasteiger partial charge is 0.396 e. The van der Waals surface area contributed by atoms with Gasteiger partial charge in [0.15, 0.2) is 0 Å². The number of hydrogen-bond donors (Lipinski definition) is 2. The molecule has 26 heavy (non-hydrogen) atoms. The third-order valence-electron chi connectivity index (χ3n) is 3.78. The Labute approximate surface area is 153 Å². The minimum Gasteiger partial charge on any atom is -0.396 e. The molecule has 2 heterocycles. The second-order valence-electron chi connectivity index (χ2n) is 5.47. The first-order valence-electron chi connectivity index (χ1n) is 7.68. The number of aromatic nitrogens is 1. The molecule has 128 valence electrons. The highest BCUT2D eigenvalue weighted by Crippen LogP contribution is 2.36. The van der Waals surface area contributed by atoms with E-state index >= 15 is 0 Å². The van der Waals surface area contributed by atoms with E-state index < -0.39 is 0 Å². The summed E-state index contributed by atoms with van der Waals surface area (Å²) in [6, 6.07) is 14.0. The van der Waals surface area contributed by atoms with Crippen molar-refractivity contribution in [3.05, 3.63) is 75.9 Å². The Bertz CT molecular complexity index is 1040. The lowest BCUT2D eigenvalue weighted by atomic mass is 10.1. The Balaban J connectivity index is 1.97. The topological polar surface area (TPSA) is 109 Å². The maximum Gasteiger partial charge on any atom is 0.256 e. The zero-order valence-corrected chi connectivity index (χ0v) is 14.6. The van der Waals surface area contributed by atoms with Crippen LogP contribution in [-0.2, 0) is 0 Å². The van der Waals surface area contributed by atoms with E-state index in [-0.39, 0.29) is 38.5 Å². The van der Waals surface area contributed by atoms with Gasteiger partial charge in [-0.25, -0.2) is 0 Å². The minimum absolute atomic E-state index is 0.0493. The van der Waals surface area contributed by atoms with E-state index in [1.54, 1.807) is 30.3 Å². The van der Waals surface area contributed by atoms with Gasteiger partial charge < -0.3 is 11.1 Å². The molecule has 0 saturated carbocycles. The van der Waals surface area contributed by atoms with Gasteiger partial charge >= 0.3 is 0 Å². The van der Waals surface area contributed by atoms with E-state index in [2.05, 4.69) is 10.3 Å². The zero-order chi connectivity index (χ0) is 18.7. The lowest BCUT2D eigenvalue weighted by molar-refractivity contribution is 0.102. The van der Waals surface area contributed by atoms with Crippen LogP contribution in [-0.4, -0.2) is 16.7 Å². The molecule has 0 fully saturated rings. The van der Waals surface area contributed by atoms with Crippen molar-refractivity contribution >= 4 is 33.7 Å². The fourth-order valence-electron chi connectivity index (χ4n) is 2.42. The van der Waals surface area contributed by atoms with Crippen molar-refractivity contribution in [3.8, 4) is 6.07 Å². The van der Waals surface area contributed by atoms with E-state index in [0.717, 1.165) is 16.9 Å². The average Bonchev–Trinajstić information content (AvgIpc) is 2.97. The molecule has 2 aromatic heterocycles. The molecule has 0 unspecified atom stereocenters. The van der Waals surface area contributed by atoms with Gasteiger partial charge in [-0.05, 0) is 30.7 Å². The Hall–Kier alpha value is -3.50. The van der Waals surface area contributed by atoms with E-state index in [9.17, 15) is 14.9 Å². The van der Waals surface area contributed by atoms with Gasteiger partial charge in [-0.1, -0.05) is 24.3 Å². The maximum absolute atomic E-state index is 12.6. The molecule has 7 heteroatoms. The highest BCUT2D eigenvalue weighted by molar-refractivity contribution is 7.19. The van der Waals surface area contributed by atoms with Crippen LogP contribution in [0, 0.1) is 18.3 Å². The number of rotatable bonds is 4. The van der Waals surface area contributed by atoms with Crippen molar-refractivity contribution in [1.29, 1.82) is 5.26 Å². The number of aryl methyl sites for hydroxylation is 1. The molecule has 3 N–H and O–H groups in total. The SMILES string of the molecule is Cc1ccccc1C(=O)Nc1sc(C(=O)c2ccccn2)c(N)c1C#N.